The second-order valence-corrected chi connectivity index (χ2v) is 6.31. The smallest absolute Gasteiger partial charge is 0.337 e. The molecular formula is C21H18N2O3. The lowest BCUT2D eigenvalue weighted by atomic mass is 9.98. The van der Waals surface area contributed by atoms with Crippen LogP contribution in [0.2, 0.25) is 0 Å². The largest absolute Gasteiger partial charge is 0.465 e. The summed E-state index contributed by atoms with van der Waals surface area (Å²) >= 11 is 0. The van der Waals surface area contributed by atoms with E-state index in [-0.39, 0.29) is 11.9 Å². The van der Waals surface area contributed by atoms with Crippen LogP contribution in [0.25, 0.3) is 22.0 Å². The highest BCUT2D eigenvalue weighted by Gasteiger charge is 2.22. The van der Waals surface area contributed by atoms with Gasteiger partial charge in [0.05, 0.1) is 18.2 Å². The molecule has 0 atom stereocenters. The third-order valence-electron chi connectivity index (χ3n) is 4.75. The molecule has 1 amide bonds. The zero-order chi connectivity index (χ0) is 18.1. The molecule has 1 saturated heterocycles. The fraction of sp³-hybridized carbons (Fsp3) is 0.190. The minimum Gasteiger partial charge on any atom is -0.465 e. The molecule has 0 radical (unpaired) electrons. The summed E-state index contributed by atoms with van der Waals surface area (Å²) in [7, 11) is 1.36. The van der Waals surface area contributed by atoms with E-state index in [0.717, 1.165) is 41.5 Å². The minimum atomic E-state index is -0.362. The van der Waals surface area contributed by atoms with Crippen molar-refractivity contribution in [3.05, 3.63) is 65.9 Å². The molecule has 0 spiro atoms. The highest BCUT2D eigenvalue weighted by atomic mass is 16.5. The number of ether oxygens (including phenoxy) is 1. The van der Waals surface area contributed by atoms with Crippen LogP contribution in [0.1, 0.15) is 27.1 Å². The molecule has 1 aliphatic rings. The summed E-state index contributed by atoms with van der Waals surface area (Å²) in [5.41, 5.74) is 3.95. The standard InChI is InChI=1S/C21H18N2O3/c1-26-21(25)15-5-3-14(4-6-15)17-9-10-22-19-8-7-16(13-18(17)19)20(24)23-11-2-12-23/h3-10,13H,2,11-12H2,1H3. The Kier molecular flexibility index (Phi) is 4.13. The van der Waals surface area contributed by atoms with Crippen molar-refractivity contribution in [1.29, 1.82) is 0 Å². The number of fused-ring (bicyclic) bond motifs is 1. The van der Waals surface area contributed by atoms with Crippen molar-refractivity contribution in [1.82, 2.24) is 9.88 Å². The first kappa shape index (κ1) is 16.3. The predicted molar refractivity (Wildman–Crippen MR) is 99.0 cm³/mol. The average Bonchev–Trinajstić information content (AvgIpc) is 2.65. The minimum absolute atomic E-state index is 0.0639. The zero-order valence-corrected chi connectivity index (χ0v) is 14.4. The molecule has 2 aromatic carbocycles. The number of benzene rings is 2. The third-order valence-corrected chi connectivity index (χ3v) is 4.75. The molecule has 0 unspecified atom stereocenters. The van der Waals surface area contributed by atoms with E-state index in [9.17, 15) is 9.59 Å². The van der Waals surface area contributed by atoms with Crippen LogP contribution in [-0.2, 0) is 4.74 Å². The molecule has 1 aliphatic heterocycles. The maximum Gasteiger partial charge on any atom is 0.337 e. The molecule has 5 nitrogen and oxygen atoms in total. The van der Waals surface area contributed by atoms with Gasteiger partial charge in [0, 0.05) is 30.2 Å². The summed E-state index contributed by atoms with van der Waals surface area (Å²) in [6.45, 7) is 1.65. The van der Waals surface area contributed by atoms with E-state index in [4.69, 9.17) is 4.74 Å². The lowest BCUT2D eigenvalue weighted by Crippen LogP contribution is -2.41. The number of likely N-dealkylation sites (tertiary alicyclic amines) is 1. The maximum absolute atomic E-state index is 12.5. The molecule has 5 heteroatoms. The van der Waals surface area contributed by atoms with Crippen LogP contribution in [0.4, 0.5) is 0 Å². The van der Waals surface area contributed by atoms with Crippen LogP contribution >= 0.6 is 0 Å². The Balaban J connectivity index is 1.76. The molecule has 1 fully saturated rings. The Bertz CT molecular complexity index is 992. The van der Waals surface area contributed by atoms with Crippen molar-refractivity contribution >= 4 is 22.8 Å². The summed E-state index contributed by atoms with van der Waals surface area (Å²) in [6.07, 6.45) is 2.82. The number of carbonyl (C=O) groups excluding carboxylic acids is 2. The number of esters is 1. The summed E-state index contributed by atoms with van der Waals surface area (Å²) in [4.78, 5) is 30.4. The van der Waals surface area contributed by atoms with Gasteiger partial charge in [0.2, 0.25) is 0 Å². The van der Waals surface area contributed by atoms with Crippen molar-refractivity contribution in [3.8, 4) is 11.1 Å². The van der Waals surface area contributed by atoms with Gasteiger partial charge < -0.3 is 9.64 Å². The Morgan fingerprint density at radius 2 is 1.73 bits per heavy atom. The fourth-order valence-electron chi connectivity index (χ4n) is 3.14. The van der Waals surface area contributed by atoms with Crippen molar-refractivity contribution in [3.63, 3.8) is 0 Å². The predicted octanol–water partition coefficient (Wildman–Crippen LogP) is 3.53. The molecule has 4 rings (SSSR count). The van der Waals surface area contributed by atoms with Crippen molar-refractivity contribution < 1.29 is 14.3 Å². The van der Waals surface area contributed by atoms with E-state index in [1.54, 1.807) is 18.3 Å². The molecule has 2 heterocycles. The summed E-state index contributed by atoms with van der Waals surface area (Å²) in [5.74, 6) is -0.299. The number of rotatable bonds is 3. The van der Waals surface area contributed by atoms with E-state index in [2.05, 4.69) is 4.98 Å². The number of methoxy groups -OCH3 is 1. The molecule has 1 aromatic heterocycles. The Morgan fingerprint density at radius 1 is 1.00 bits per heavy atom. The lowest BCUT2D eigenvalue weighted by molar-refractivity contribution is 0.0599. The second kappa shape index (κ2) is 6.59. The SMILES string of the molecule is COC(=O)c1ccc(-c2ccnc3ccc(C(=O)N4CCC4)cc23)cc1. The van der Waals surface area contributed by atoms with Gasteiger partial charge >= 0.3 is 5.97 Å². The van der Waals surface area contributed by atoms with Crippen molar-refractivity contribution in [2.45, 2.75) is 6.42 Å². The third kappa shape index (κ3) is 2.81. The number of hydrogen-bond donors (Lipinski definition) is 0. The van der Waals surface area contributed by atoms with Crippen LogP contribution < -0.4 is 0 Å². The Morgan fingerprint density at radius 3 is 2.38 bits per heavy atom. The van der Waals surface area contributed by atoms with Gasteiger partial charge in [-0.1, -0.05) is 12.1 Å². The fourth-order valence-corrected chi connectivity index (χ4v) is 3.14. The summed E-state index contributed by atoms with van der Waals surface area (Å²) in [6, 6.07) is 14.8. The van der Waals surface area contributed by atoms with Gasteiger partial charge in [-0.25, -0.2) is 4.79 Å². The summed E-state index contributed by atoms with van der Waals surface area (Å²) in [5, 5.41) is 0.921. The number of carbonyl (C=O) groups is 2. The van der Waals surface area contributed by atoms with Crippen molar-refractivity contribution in [2.75, 3.05) is 20.2 Å². The molecule has 0 aliphatic carbocycles. The molecule has 0 saturated carbocycles. The number of amides is 1. The van der Waals surface area contributed by atoms with E-state index >= 15 is 0 Å². The van der Waals surface area contributed by atoms with Gasteiger partial charge in [0.25, 0.3) is 5.91 Å². The topological polar surface area (TPSA) is 59.5 Å². The van der Waals surface area contributed by atoms with Gasteiger partial charge in [-0.2, -0.15) is 0 Å². The Labute approximate surface area is 151 Å². The van der Waals surface area contributed by atoms with E-state index < -0.39 is 0 Å². The van der Waals surface area contributed by atoms with E-state index in [1.807, 2.05) is 41.3 Å². The first-order valence-corrected chi connectivity index (χ1v) is 8.54. The van der Waals surface area contributed by atoms with E-state index in [0.29, 0.717) is 11.1 Å². The first-order chi connectivity index (χ1) is 12.7. The van der Waals surface area contributed by atoms with Crippen LogP contribution in [0.5, 0.6) is 0 Å². The first-order valence-electron chi connectivity index (χ1n) is 8.54. The highest BCUT2D eigenvalue weighted by molar-refractivity contribution is 6.02. The normalized spacial score (nSPS) is 13.3. The average molecular weight is 346 g/mol. The Hall–Kier alpha value is -3.21. The molecule has 0 bridgehead atoms. The lowest BCUT2D eigenvalue weighted by Gasteiger charge is -2.31. The number of pyridine rings is 1. The van der Waals surface area contributed by atoms with Crippen LogP contribution in [0.15, 0.2) is 54.7 Å². The van der Waals surface area contributed by atoms with Gasteiger partial charge in [0.1, 0.15) is 0 Å². The van der Waals surface area contributed by atoms with Crippen LogP contribution in [-0.4, -0.2) is 42.0 Å². The molecular weight excluding hydrogens is 328 g/mol. The zero-order valence-electron chi connectivity index (χ0n) is 14.4. The van der Waals surface area contributed by atoms with Gasteiger partial charge in [-0.05, 0) is 53.9 Å². The van der Waals surface area contributed by atoms with Crippen LogP contribution in [0.3, 0.4) is 0 Å². The quantitative estimate of drug-likeness (QED) is 0.681. The monoisotopic (exact) mass is 346 g/mol. The molecule has 130 valence electrons. The molecule has 26 heavy (non-hydrogen) atoms. The summed E-state index contributed by atoms with van der Waals surface area (Å²) < 4.78 is 4.74. The second-order valence-electron chi connectivity index (χ2n) is 6.31. The van der Waals surface area contributed by atoms with Gasteiger partial charge in [-0.15, -0.1) is 0 Å². The van der Waals surface area contributed by atoms with Crippen molar-refractivity contribution in [2.24, 2.45) is 0 Å². The van der Waals surface area contributed by atoms with Crippen LogP contribution in [0, 0.1) is 0 Å². The van der Waals surface area contributed by atoms with Gasteiger partial charge in [0.15, 0.2) is 0 Å². The van der Waals surface area contributed by atoms with Gasteiger partial charge in [-0.3, -0.25) is 9.78 Å². The maximum atomic E-state index is 12.5. The number of aromatic nitrogens is 1. The molecule has 0 N–H and O–H groups in total. The highest BCUT2D eigenvalue weighted by Crippen LogP contribution is 2.29. The van der Waals surface area contributed by atoms with E-state index in [1.165, 1.54) is 7.11 Å². The molecule has 3 aromatic rings. The number of hydrogen-bond acceptors (Lipinski definition) is 4. The number of nitrogens with zero attached hydrogens (tertiary/aromatic N) is 2.